The van der Waals surface area contributed by atoms with Gasteiger partial charge in [-0.25, -0.2) is 4.79 Å². The lowest BCUT2D eigenvalue weighted by Gasteiger charge is -2.40. The number of hydrogen-bond donors (Lipinski definition) is 3. The number of esters is 3. The number of carboxylic acid groups (broad SMARTS) is 1. The van der Waals surface area contributed by atoms with Crippen LogP contribution in [-0.2, 0) is 42.9 Å². The Kier molecular flexibility index (Phi) is 45.9. The number of aliphatic carboxylic acids is 1. The van der Waals surface area contributed by atoms with Gasteiger partial charge in [0.2, 0.25) is 0 Å². The summed E-state index contributed by atoms with van der Waals surface area (Å²) in [5.41, 5.74) is 0. The maximum atomic E-state index is 13.1. The maximum Gasteiger partial charge on any atom is 0.335 e. The van der Waals surface area contributed by atoms with Crippen LogP contribution in [0.25, 0.3) is 0 Å². The first-order chi connectivity index (χ1) is 35.6. The zero-order chi connectivity index (χ0) is 53.3. The first-order valence-electron chi connectivity index (χ1n) is 29.6. The topological polar surface area (TPSA) is 175 Å². The van der Waals surface area contributed by atoms with Gasteiger partial charge in [0.15, 0.2) is 24.6 Å². The van der Waals surface area contributed by atoms with Gasteiger partial charge in [-0.3, -0.25) is 14.4 Å². The van der Waals surface area contributed by atoms with Crippen molar-refractivity contribution in [3.05, 3.63) is 48.6 Å². The Balaban J connectivity index is 2.68. The molecule has 12 heteroatoms. The van der Waals surface area contributed by atoms with Crippen LogP contribution in [0.1, 0.15) is 265 Å². The molecule has 0 aliphatic carbocycles. The van der Waals surface area contributed by atoms with E-state index in [1.54, 1.807) is 0 Å². The van der Waals surface area contributed by atoms with Gasteiger partial charge in [-0.05, 0) is 70.6 Å². The molecule has 12 nitrogen and oxygen atoms in total. The summed E-state index contributed by atoms with van der Waals surface area (Å²) >= 11 is 0. The Morgan fingerprint density at radius 2 is 0.877 bits per heavy atom. The summed E-state index contributed by atoms with van der Waals surface area (Å²) in [6.45, 7) is 5.84. The van der Waals surface area contributed by atoms with E-state index < -0.39 is 67.3 Å². The molecule has 0 spiro atoms. The van der Waals surface area contributed by atoms with Crippen LogP contribution in [0.15, 0.2) is 48.6 Å². The molecular formula is C61H106O12. The second-order valence-electron chi connectivity index (χ2n) is 20.3. The second-order valence-corrected chi connectivity index (χ2v) is 20.3. The van der Waals surface area contributed by atoms with Gasteiger partial charge >= 0.3 is 23.9 Å². The molecule has 0 radical (unpaired) electrons. The molecule has 1 saturated heterocycles. The molecule has 1 rings (SSSR count). The van der Waals surface area contributed by atoms with E-state index in [4.69, 9.17) is 23.7 Å². The van der Waals surface area contributed by atoms with Crippen molar-refractivity contribution in [3.63, 3.8) is 0 Å². The van der Waals surface area contributed by atoms with E-state index in [9.17, 15) is 34.5 Å². The summed E-state index contributed by atoms with van der Waals surface area (Å²) in [4.78, 5) is 51.1. The van der Waals surface area contributed by atoms with Gasteiger partial charge in [0, 0.05) is 19.3 Å². The van der Waals surface area contributed by atoms with Crippen molar-refractivity contribution in [2.45, 2.75) is 302 Å². The number of aliphatic hydroxyl groups is 2. The molecule has 1 heterocycles. The first-order valence-corrected chi connectivity index (χ1v) is 29.6. The van der Waals surface area contributed by atoms with Crippen molar-refractivity contribution in [2.24, 2.45) is 0 Å². The molecule has 0 bridgehead atoms. The minimum atomic E-state index is -1.90. The predicted octanol–water partition coefficient (Wildman–Crippen LogP) is 15.0. The number of ether oxygens (including phenoxy) is 5. The third-order valence-electron chi connectivity index (χ3n) is 13.4. The fraction of sp³-hybridized carbons (Fsp3) is 0.803. The van der Waals surface area contributed by atoms with Crippen LogP contribution in [0.3, 0.4) is 0 Å². The van der Waals surface area contributed by atoms with Crippen molar-refractivity contribution in [3.8, 4) is 0 Å². The van der Waals surface area contributed by atoms with E-state index in [-0.39, 0.29) is 25.9 Å². The Bertz CT molecular complexity index is 1460. The number of hydrogen-bond acceptors (Lipinski definition) is 11. The lowest BCUT2D eigenvalue weighted by Crippen LogP contribution is -2.61. The van der Waals surface area contributed by atoms with Gasteiger partial charge in [0.25, 0.3) is 0 Å². The smallest absolute Gasteiger partial charge is 0.335 e. The average molecular weight is 1030 g/mol. The van der Waals surface area contributed by atoms with Crippen LogP contribution in [0.4, 0.5) is 0 Å². The van der Waals surface area contributed by atoms with Gasteiger partial charge in [-0.2, -0.15) is 0 Å². The van der Waals surface area contributed by atoms with Crippen molar-refractivity contribution in [2.75, 3.05) is 13.2 Å². The molecular weight excluding hydrogens is 925 g/mol. The highest BCUT2D eigenvalue weighted by Crippen LogP contribution is 2.26. The number of unbranched alkanes of at least 4 members (excludes halogenated alkanes) is 28. The Morgan fingerprint density at radius 3 is 1.37 bits per heavy atom. The summed E-state index contributed by atoms with van der Waals surface area (Å²) in [6.07, 6.45) is 46.6. The van der Waals surface area contributed by atoms with E-state index >= 15 is 0 Å². The zero-order valence-corrected chi connectivity index (χ0v) is 46.4. The van der Waals surface area contributed by atoms with E-state index in [1.165, 1.54) is 96.3 Å². The zero-order valence-electron chi connectivity index (χ0n) is 46.4. The molecule has 0 amide bonds. The number of carboxylic acids is 1. The summed E-state index contributed by atoms with van der Waals surface area (Å²) in [6, 6.07) is 0. The summed E-state index contributed by atoms with van der Waals surface area (Å²) in [5, 5.41) is 31.4. The standard InChI is InChI=1S/C61H106O12/c1-4-7-10-13-16-19-22-24-26-27-29-30-33-35-38-41-44-47-53(62)69-50-52(71-54(63)48-45-42-39-37-34-31-28-25-23-20-17-14-11-8-5-2)51-70-61-59(57(66)56(65)58(73-61)60(67)68)72-55(64)49-46-43-40-36-32-21-18-15-12-9-6-3/h7,10,15-16,18-19,24,26,52,56-59,61,65-66H,4-6,8-9,11-14,17,20-23,25,27-51H2,1-3H3,(H,67,68)/b10-7-,18-15-,19-16-,26-24-. The molecule has 0 saturated carbocycles. The minimum Gasteiger partial charge on any atom is -0.479 e. The molecule has 6 atom stereocenters. The fourth-order valence-corrected chi connectivity index (χ4v) is 8.83. The van der Waals surface area contributed by atoms with Crippen LogP contribution in [-0.4, -0.2) is 89.2 Å². The molecule has 0 aromatic carbocycles. The summed E-state index contributed by atoms with van der Waals surface area (Å²) < 4.78 is 28.4. The van der Waals surface area contributed by atoms with Crippen molar-refractivity contribution in [1.29, 1.82) is 0 Å². The van der Waals surface area contributed by atoms with Gasteiger partial charge < -0.3 is 39.0 Å². The normalized spacial score (nSPS) is 18.6. The summed E-state index contributed by atoms with van der Waals surface area (Å²) in [5.74, 6) is -3.12. The third-order valence-corrected chi connectivity index (χ3v) is 13.4. The van der Waals surface area contributed by atoms with E-state index in [2.05, 4.69) is 69.4 Å². The molecule has 1 aliphatic rings. The summed E-state index contributed by atoms with van der Waals surface area (Å²) in [7, 11) is 0. The molecule has 422 valence electrons. The lowest BCUT2D eigenvalue weighted by atomic mass is 9.98. The van der Waals surface area contributed by atoms with Crippen LogP contribution < -0.4 is 0 Å². The van der Waals surface area contributed by atoms with Crippen LogP contribution in [0, 0.1) is 0 Å². The molecule has 0 aromatic rings. The predicted molar refractivity (Wildman–Crippen MR) is 294 cm³/mol. The fourth-order valence-electron chi connectivity index (χ4n) is 8.83. The molecule has 6 unspecified atom stereocenters. The highest BCUT2D eigenvalue weighted by atomic mass is 16.7. The second kappa shape index (κ2) is 49.6. The Labute approximate surface area is 443 Å². The monoisotopic (exact) mass is 1030 g/mol. The Morgan fingerprint density at radius 1 is 0.466 bits per heavy atom. The highest BCUT2D eigenvalue weighted by Gasteiger charge is 2.50. The van der Waals surface area contributed by atoms with Crippen LogP contribution >= 0.6 is 0 Å². The molecule has 1 aliphatic heterocycles. The quantitative estimate of drug-likeness (QED) is 0.0228. The van der Waals surface area contributed by atoms with E-state index in [0.29, 0.717) is 19.3 Å². The van der Waals surface area contributed by atoms with Crippen molar-refractivity contribution >= 4 is 23.9 Å². The van der Waals surface area contributed by atoms with Crippen molar-refractivity contribution in [1.82, 2.24) is 0 Å². The first kappa shape index (κ1) is 67.7. The largest absolute Gasteiger partial charge is 0.479 e. The number of carbonyl (C=O) groups is 4. The Hall–Kier alpha value is -3.32. The van der Waals surface area contributed by atoms with Crippen LogP contribution in [0.5, 0.6) is 0 Å². The molecule has 73 heavy (non-hydrogen) atoms. The SMILES string of the molecule is CC/C=C\C/C=C\C/C=C\CCCCCCCCCC(=O)OCC(COC1OC(C(=O)O)C(O)C(O)C1OC(=O)CCCCCCC/C=C\CCCC)OC(=O)CCCCCCCCCCCCCCCCC. The van der Waals surface area contributed by atoms with Gasteiger partial charge in [-0.15, -0.1) is 0 Å². The van der Waals surface area contributed by atoms with Gasteiger partial charge in [0.1, 0.15) is 18.8 Å². The average Bonchev–Trinajstić information content (AvgIpc) is 3.37. The number of aliphatic hydroxyl groups excluding tert-OH is 2. The molecule has 1 fully saturated rings. The van der Waals surface area contributed by atoms with E-state index in [0.717, 1.165) is 109 Å². The molecule has 0 aromatic heterocycles. The van der Waals surface area contributed by atoms with Gasteiger partial charge in [-0.1, -0.05) is 223 Å². The minimum absolute atomic E-state index is 0.0506. The highest BCUT2D eigenvalue weighted by molar-refractivity contribution is 5.74. The van der Waals surface area contributed by atoms with E-state index in [1.807, 2.05) is 0 Å². The molecule has 3 N–H and O–H groups in total. The van der Waals surface area contributed by atoms with Gasteiger partial charge in [0.05, 0.1) is 6.61 Å². The third kappa shape index (κ3) is 39.7. The van der Waals surface area contributed by atoms with Crippen LogP contribution in [0.2, 0.25) is 0 Å². The number of rotatable bonds is 50. The lowest BCUT2D eigenvalue weighted by molar-refractivity contribution is -0.301. The number of allylic oxidation sites excluding steroid dienone is 8. The van der Waals surface area contributed by atoms with Crippen molar-refractivity contribution < 1.29 is 58.2 Å². The maximum absolute atomic E-state index is 13.1. The number of carbonyl (C=O) groups excluding carboxylic acids is 3.